The number of nitrogens with one attached hydrogen (secondary N) is 1. The number of benzene rings is 2. The Kier molecular flexibility index (Phi) is 5.12. The predicted octanol–water partition coefficient (Wildman–Crippen LogP) is 3.87. The van der Waals surface area contributed by atoms with Crippen LogP contribution in [0.1, 0.15) is 12.5 Å². The number of carbonyl (C=O) groups is 1. The Hall–Kier alpha value is -2.39. The minimum Gasteiger partial charge on any atom is -0.481 e. The predicted molar refractivity (Wildman–Crippen MR) is 84.0 cm³/mol. The van der Waals surface area contributed by atoms with Crippen LogP contribution in [0.4, 0.5) is 10.1 Å². The molecule has 22 heavy (non-hydrogen) atoms. The van der Waals surface area contributed by atoms with Crippen molar-refractivity contribution in [3.8, 4) is 11.8 Å². The summed E-state index contributed by atoms with van der Waals surface area (Å²) in [6.45, 7) is 1.56. The van der Waals surface area contributed by atoms with Gasteiger partial charge < -0.3 is 10.1 Å². The molecular formula is C16H12BrFN2O2. The summed E-state index contributed by atoms with van der Waals surface area (Å²) in [4.78, 5) is 12.0. The maximum atomic E-state index is 13.7. The summed E-state index contributed by atoms with van der Waals surface area (Å²) in [5.74, 6) is -0.545. The molecule has 1 N–H and O–H groups in total. The van der Waals surface area contributed by atoms with Crippen LogP contribution in [0.25, 0.3) is 0 Å². The third-order valence-corrected chi connectivity index (χ3v) is 3.35. The fraction of sp³-hybridized carbons (Fsp3) is 0.125. The molecule has 0 aromatic heterocycles. The van der Waals surface area contributed by atoms with Crippen molar-refractivity contribution in [3.63, 3.8) is 0 Å². The largest absolute Gasteiger partial charge is 0.481 e. The van der Waals surface area contributed by atoms with Crippen LogP contribution in [-0.2, 0) is 4.79 Å². The molecule has 2 rings (SSSR count). The van der Waals surface area contributed by atoms with Crippen LogP contribution in [0.5, 0.6) is 5.75 Å². The summed E-state index contributed by atoms with van der Waals surface area (Å²) in [5.41, 5.74) is 0.588. The van der Waals surface area contributed by atoms with Crippen LogP contribution in [-0.4, -0.2) is 12.0 Å². The molecule has 0 aliphatic heterocycles. The second kappa shape index (κ2) is 7.05. The third-order valence-electron chi connectivity index (χ3n) is 2.85. The van der Waals surface area contributed by atoms with Gasteiger partial charge >= 0.3 is 0 Å². The standard InChI is InChI=1S/C16H12BrFN2O2/c1-10(22-13-5-2-11(9-19)3-6-13)16(21)20-15-7-4-12(17)8-14(15)18/h2-8,10H,1H3,(H,20,21). The highest BCUT2D eigenvalue weighted by molar-refractivity contribution is 9.10. The molecule has 0 saturated carbocycles. The van der Waals surface area contributed by atoms with Gasteiger partial charge in [0, 0.05) is 4.47 Å². The summed E-state index contributed by atoms with van der Waals surface area (Å²) in [5, 5.41) is 11.2. The maximum Gasteiger partial charge on any atom is 0.265 e. The molecule has 112 valence electrons. The minimum atomic E-state index is -0.809. The van der Waals surface area contributed by atoms with Gasteiger partial charge in [-0.1, -0.05) is 15.9 Å². The van der Waals surface area contributed by atoms with E-state index < -0.39 is 17.8 Å². The number of amides is 1. The first-order valence-electron chi connectivity index (χ1n) is 6.42. The smallest absolute Gasteiger partial charge is 0.265 e. The van der Waals surface area contributed by atoms with E-state index in [1.807, 2.05) is 6.07 Å². The summed E-state index contributed by atoms with van der Waals surface area (Å²) in [6.07, 6.45) is -0.809. The lowest BCUT2D eigenvalue weighted by Gasteiger charge is -2.15. The fourth-order valence-corrected chi connectivity index (χ4v) is 2.02. The highest BCUT2D eigenvalue weighted by Crippen LogP contribution is 2.20. The van der Waals surface area contributed by atoms with Crippen molar-refractivity contribution < 1.29 is 13.9 Å². The molecule has 0 spiro atoms. The molecule has 2 aromatic carbocycles. The second-order valence-electron chi connectivity index (χ2n) is 4.51. The molecule has 4 nitrogen and oxygen atoms in total. The summed E-state index contributed by atoms with van der Waals surface area (Å²) in [6, 6.07) is 12.7. The molecule has 1 amide bonds. The zero-order valence-electron chi connectivity index (χ0n) is 11.6. The zero-order valence-corrected chi connectivity index (χ0v) is 13.2. The van der Waals surface area contributed by atoms with E-state index in [2.05, 4.69) is 21.2 Å². The van der Waals surface area contributed by atoms with Gasteiger partial charge in [0.15, 0.2) is 6.10 Å². The SMILES string of the molecule is CC(Oc1ccc(C#N)cc1)C(=O)Nc1ccc(Br)cc1F. The van der Waals surface area contributed by atoms with Crippen LogP contribution < -0.4 is 10.1 Å². The molecule has 1 atom stereocenters. The van der Waals surface area contributed by atoms with E-state index in [1.165, 1.54) is 12.1 Å². The highest BCUT2D eigenvalue weighted by atomic mass is 79.9. The van der Waals surface area contributed by atoms with Gasteiger partial charge in [-0.05, 0) is 49.4 Å². The van der Waals surface area contributed by atoms with Crippen LogP contribution in [0.15, 0.2) is 46.9 Å². The first-order chi connectivity index (χ1) is 10.5. The molecule has 0 saturated heterocycles. The highest BCUT2D eigenvalue weighted by Gasteiger charge is 2.16. The number of ether oxygens (including phenoxy) is 1. The lowest BCUT2D eigenvalue weighted by Crippen LogP contribution is -2.30. The molecule has 0 radical (unpaired) electrons. The molecule has 0 aliphatic rings. The normalized spacial score (nSPS) is 11.4. The van der Waals surface area contributed by atoms with Crippen molar-refractivity contribution in [2.75, 3.05) is 5.32 Å². The summed E-state index contributed by atoms with van der Waals surface area (Å²) in [7, 11) is 0. The average molecular weight is 363 g/mol. The Morgan fingerprint density at radius 2 is 2.00 bits per heavy atom. The quantitative estimate of drug-likeness (QED) is 0.897. The van der Waals surface area contributed by atoms with Crippen LogP contribution >= 0.6 is 15.9 Å². The number of nitrogens with zero attached hydrogens (tertiary/aromatic N) is 1. The first kappa shape index (κ1) is 16.0. The molecule has 0 aliphatic carbocycles. The molecular weight excluding hydrogens is 351 g/mol. The van der Waals surface area contributed by atoms with Gasteiger partial charge in [-0.3, -0.25) is 4.79 Å². The maximum absolute atomic E-state index is 13.7. The Morgan fingerprint density at radius 3 is 2.59 bits per heavy atom. The Balaban J connectivity index is 2.01. The Bertz CT molecular complexity index is 726. The van der Waals surface area contributed by atoms with E-state index in [0.717, 1.165) is 0 Å². The van der Waals surface area contributed by atoms with E-state index >= 15 is 0 Å². The van der Waals surface area contributed by atoms with Crippen molar-refractivity contribution in [3.05, 3.63) is 58.3 Å². The van der Waals surface area contributed by atoms with Gasteiger partial charge in [-0.15, -0.1) is 0 Å². The lowest BCUT2D eigenvalue weighted by atomic mass is 10.2. The van der Waals surface area contributed by atoms with E-state index in [4.69, 9.17) is 10.00 Å². The van der Waals surface area contributed by atoms with Gasteiger partial charge in [0.05, 0.1) is 17.3 Å². The zero-order chi connectivity index (χ0) is 16.1. The van der Waals surface area contributed by atoms with E-state index in [0.29, 0.717) is 15.8 Å². The van der Waals surface area contributed by atoms with E-state index in [9.17, 15) is 9.18 Å². The second-order valence-corrected chi connectivity index (χ2v) is 5.43. The number of rotatable bonds is 4. The fourth-order valence-electron chi connectivity index (χ4n) is 1.69. The van der Waals surface area contributed by atoms with Crippen molar-refractivity contribution in [2.45, 2.75) is 13.0 Å². The third kappa shape index (κ3) is 4.06. The molecule has 6 heteroatoms. The number of nitriles is 1. The van der Waals surface area contributed by atoms with Gasteiger partial charge in [0.2, 0.25) is 0 Å². The first-order valence-corrected chi connectivity index (χ1v) is 7.21. The van der Waals surface area contributed by atoms with Crippen molar-refractivity contribution >= 4 is 27.5 Å². The van der Waals surface area contributed by atoms with E-state index in [-0.39, 0.29) is 5.69 Å². The number of halogens is 2. The lowest BCUT2D eigenvalue weighted by molar-refractivity contribution is -0.122. The molecule has 0 bridgehead atoms. The number of anilines is 1. The van der Waals surface area contributed by atoms with E-state index in [1.54, 1.807) is 37.3 Å². The topological polar surface area (TPSA) is 62.1 Å². The summed E-state index contributed by atoms with van der Waals surface area (Å²) < 4.78 is 19.7. The summed E-state index contributed by atoms with van der Waals surface area (Å²) >= 11 is 3.15. The number of hydrogen-bond donors (Lipinski definition) is 1. The van der Waals surface area contributed by atoms with Gasteiger partial charge in [0.1, 0.15) is 11.6 Å². The molecule has 0 heterocycles. The molecule has 0 fully saturated rings. The van der Waals surface area contributed by atoms with Crippen molar-refractivity contribution in [2.24, 2.45) is 0 Å². The van der Waals surface area contributed by atoms with Crippen molar-refractivity contribution in [1.82, 2.24) is 0 Å². The van der Waals surface area contributed by atoms with Crippen LogP contribution in [0.2, 0.25) is 0 Å². The minimum absolute atomic E-state index is 0.0866. The Morgan fingerprint density at radius 1 is 1.32 bits per heavy atom. The van der Waals surface area contributed by atoms with Crippen LogP contribution in [0.3, 0.4) is 0 Å². The Labute approximate surface area is 135 Å². The van der Waals surface area contributed by atoms with Gasteiger partial charge in [-0.2, -0.15) is 5.26 Å². The number of carbonyl (C=O) groups excluding carboxylic acids is 1. The van der Waals surface area contributed by atoms with Gasteiger partial charge in [0.25, 0.3) is 5.91 Å². The average Bonchev–Trinajstić information content (AvgIpc) is 2.50. The molecule has 2 aromatic rings. The molecule has 1 unspecified atom stereocenters. The van der Waals surface area contributed by atoms with Crippen LogP contribution in [0, 0.1) is 17.1 Å². The van der Waals surface area contributed by atoms with Crippen molar-refractivity contribution in [1.29, 1.82) is 5.26 Å². The van der Waals surface area contributed by atoms with Gasteiger partial charge in [-0.25, -0.2) is 4.39 Å². The monoisotopic (exact) mass is 362 g/mol. The number of hydrogen-bond acceptors (Lipinski definition) is 3.